The van der Waals surface area contributed by atoms with Crippen LogP contribution in [-0.2, 0) is 32.0 Å². The number of likely N-dealkylation sites (N-methyl/N-ethyl adjacent to an activating group) is 1. The number of epoxide rings is 1. The van der Waals surface area contributed by atoms with Crippen LogP contribution in [0.2, 0.25) is 0 Å². The molecule has 2 amide bonds. The van der Waals surface area contributed by atoms with E-state index in [1.54, 1.807) is 12.1 Å². The Hall–Kier alpha value is -6.27. The van der Waals surface area contributed by atoms with Gasteiger partial charge < -0.3 is 49.7 Å². The Morgan fingerprint density at radius 1 is 0.921 bits per heavy atom. The van der Waals surface area contributed by atoms with Crippen molar-refractivity contribution in [2.45, 2.75) is 81.3 Å². The molecule has 4 heterocycles. The number of aromatic amines is 1. The number of halogens is 3. The number of fused-ring (bicyclic) bond motifs is 6. The Kier molecular flexibility index (Phi) is 13.2. The number of carboxylic acid groups (broad SMARTS) is 1. The van der Waals surface area contributed by atoms with E-state index in [1.165, 1.54) is 12.1 Å². The number of phenolic OH excluding ortho intramolecular Hbond substituents is 1. The first-order chi connectivity index (χ1) is 30.0. The van der Waals surface area contributed by atoms with E-state index in [1.807, 2.05) is 72.8 Å². The van der Waals surface area contributed by atoms with Crippen molar-refractivity contribution < 1.29 is 56.8 Å². The number of morpholine rings is 1. The number of nitrogens with one attached hydrogen (secondary N) is 4. The van der Waals surface area contributed by atoms with Crippen LogP contribution in [0.15, 0.2) is 102 Å². The minimum atomic E-state index is -5.19. The molecule has 4 aromatic carbocycles. The van der Waals surface area contributed by atoms with Gasteiger partial charge in [-0.05, 0) is 65.4 Å². The number of carboxylic acids is 1. The van der Waals surface area contributed by atoms with Crippen molar-refractivity contribution in [1.82, 2.24) is 10.3 Å². The maximum atomic E-state index is 13.3. The van der Waals surface area contributed by atoms with Gasteiger partial charge in [-0.3, -0.25) is 14.9 Å². The summed E-state index contributed by atoms with van der Waals surface area (Å²) < 4.78 is 44.4. The molecule has 1 aromatic heterocycles. The third kappa shape index (κ3) is 10.7. The summed E-state index contributed by atoms with van der Waals surface area (Å²) in [6.07, 6.45) is -2.87. The SMILES string of the molecule is C[N+]1(C)[C@@H]2CC(OC(=O)Nc3cc(CCCC(=O)Nc4ccc(CNC[C@H](O)c5ccc(O)c6[nH]c(=O)ccc56)cc4)ccc3-c3ccccc3)C[C@H]1[C@@H]1O[C@@H]12.O=C([O-])C(F)(F)F. The molecule has 14 nitrogen and oxygen atoms in total. The van der Waals surface area contributed by atoms with Gasteiger partial charge in [0, 0.05) is 55.1 Å². The van der Waals surface area contributed by atoms with Crippen LogP contribution in [0, 0.1) is 0 Å². The second-order valence-electron chi connectivity index (χ2n) is 16.5. The molecule has 5 aromatic rings. The van der Waals surface area contributed by atoms with Gasteiger partial charge >= 0.3 is 12.3 Å². The summed E-state index contributed by atoms with van der Waals surface area (Å²) in [4.78, 5) is 49.3. The number of piperidine rings is 1. The molecule has 0 spiro atoms. The van der Waals surface area contributed by atoms with Gasteiger partial charge in [-0.1, -0.05) is 60.7 Å². The topological polar surface area (TPSA) is 205 Å². The molecule has 2 bridgehead atoms. The number of quaternary nitrogens is 1. The Morgan fingerprint density at radius 3 is 2.25 bits per heavy atom. The zero-order valence-corrected chi connectivity index (χ0v) is 34.5. The number of amides is 2. The highest BCUT2D eigenvalue weighted by Gasteiger charge is 2.70. The standard InChI is InChI=1S/C44H47N5O7.C2HF3O2/c1-49(2)35-22-30(23-36(49)43-42(35)56-43)55-44(54)47-34-21-26(13-16-31(34)28-8-4-3-5-9-28)7-6-10-39(52)46-29-14-11-27(12-15-29)24-45-25-38(51)32-17-19-37(50)41-33(32)18-20-40(53)48-41;3-2(4,5)1(6)7/h3-5,8-9,11-21,30,35-36,38,42-43,45,51H,6-7,10,22-25H2,1-2H3,(H3-,46,47,48,50,52,53,54);(H,6,7)/t30?,35-,36+,38-,42-,43+;/m0./s1. The van der Waals surface area contributed by atoms with Crippen LogP contribution >= 0.6 is 0 Å². The first kappa shape index (κ1) is 44.8. The number of ether oxygens (including phenoxy) is 2. The average Bonchev–Trinajstić information content (AvgIpc) is 4.01. The van der Waals surface area contributed by atoms with Gasteiger partial charge in [-0.25, -0.2) is 4.79 Å². The second-order valence-corrected chi connectivity index (χ2v) is 16.5. The largest absolute Gasteiger partial charge is 0.542 e. The maximum Gasteiger partial charge on any atom is 0.430 e. The third-order valence-corrected chi connectivity index (χ3v) is 12.0. The molecule has 6 atom stereocenters. The fourth-order valence-electron chi connectivity index (χ4n) is 8.71. The molecule has 3 aliphatic heterocycles. The summed E-state index contributed by atoms with van der Waals surface area (Å²) in [6.45, 7) is 0.746. The first-order valence-electron chi connectivity index (χ1n) is 20.5. The molecular weight excluding hydrogens is 824 g/mol. The summed E-state index contributed by atoms with van der Waals surface area (Å²) >= 11 is 0. The molecule has 0 radical (unpaired) electrons. The lowest BCUT2D eigenvalue weighted by Gasteiger charge is -2.45. The number of carbonyl (C=O) groups is 3. The molecule has 8 rings (SSSR count). The van der Waals surface area contributed by atoms with E-state index in [2.05, 4.69) is 35.0 Å². The van der Waals surface area contributed by atoms with Crippen LogP contribution in [0.1, 0.15) is 48.5 Å². The van der Waals surface area contributed by atoms with E-state index in [9.17, 15) is 37.8 Å². The van der Waals surface area contributed by atoms with Crippen molar-refractivity contribution in [3.8, 4) is 16.9 Å². The molecule has 332 valence electrons. The molecule has 63 heavy (non-hydrogen) atoms. The Balaban J connectivity index is 0.000000785. The number of anilines is 2. The van der Waals surface area contributed by atoms with Crippen molar-refractivity contribution in [2.24, 2.45) is 0 Å². The molecule has 17 heteroatoms. The fraction of sp³-hybridized carbons (Fsp3) is 0.348. The predicted octanol–water partition coefficient (Wildman–Crippen LogP) is 5.29. The van der Waals surface area contributed by atoms with Gasteiger partial charge in [0.05, 0.1) is 31.4 Å². The number of nitrogens with zero attached hydrogens (tertiary/aromatic N) is 1. The number of carbonyl (C=O) groups excluding carboxylic acids is 3. The maximum absolute atomic E-state index is 13.3. The number of hydrogen-bond donors (Lipinski definition) is 6. The number of hydrogen-bond acceptors (Lipinski definition) is 10. The quantitative estimate of drug-likeness (QED) is 0.0667. The first-order valence-corrected chi connectivity index (χ1v) is 20.5. The highest BCUT2D eigenvalue weighted by Crippen LogP contribution is 2.51. The number of aromatic hydroxyl groups is 1. The van der Waals surface area contributed by atoms with E-state index in [4.69, 9.17) is 19.4 Å². The predicted molar refractivity (Wildman–Crippen MR) is 225 cm³/mol. The van der Waals surface area contributed by atoms with Gasteiger partial charge in [-0.2, -0.15) is 13.2 Å². The number of aliphatic carboxylic acids is 1. The van der Waals surface area contributed by atoms with Crippen molar-refractivity contribution in [1.29, 1.82) is 0 Å². The summed E-state index contributed by atoms with van der Waals surface area (Å²) in [5.41, 5.74) is 5.81. The van der Waals surface area contributed by atoms with Crippen LogP contribution in [0.5, 0.6) is 5.75 Å². The van der Waals surface area contributed by atoms with Gasteiger partial charge in [0.1, 0.15) is 42.1 Å². The highest BCUT2D eigenvalue weighted by molar-refractivity contribution is 5.92. The monoisotopic (exact) mass is 871 g/mol. The van der Waals surface area contributed by atoms with Crippen LogP contribution in [0.25, 0.3) is 22.0 Å². The highest BCUT2D eigenvalue weighted by atomic mass is 19.4. The van der Waals surface area contributed by atoms with Crippen LogP contribution < -0.4 is 26.6 Å². The van der Waals surface area contributed by atoms with E-state index in [0.717, 1.165) is 39.6 Å². The number of alkyl halides is 3. The Morgan fingerprint density at radius 2 is 1.59 bits per heavy atom. The van der Waals surface area contributed by atoms with E-state index < -0.39 is 24.3 Å². The van der Waals surface area contributed by atoms with Gasteiger partial charge in [-0.15, -0.1) is 0 Å². The number of phenols is 1. The third-order valence-electron chi connectivity index (χ3n) is 12.0. The van der Waals surface area contributed by atoms with Gasteiger partial charge in [0.25, 0.3) is 0 Å². The Labute approximate surface area is 360 Å². The number of aryl methyl sites for hydroxylation is 1. The average molecular weight is 872 g/mol. The zero-order chi connectivity index (χ0) is 45.1. The molecule has 6 N–H and O–H groups in total. The van der Waals surface area contributed by atoms with Crippen LogP contribution in [0.4, 0.5) is 29.3 Å². The lowest BCUT2D eigenvalue weighted by Crippen LogP contribution is -2.60. The molecule has 0 saturated carbocycles. The van der Waals surface area contributed by atoms with E-state index >= 15 is 0 Å². The number of aromatic nitrogens is 1. The molecule has 3 saturated heterocycles. The second kappa shape index (κ2) is 18.6. The summed E-state index contributed by atoms with van der Waals surface area (Å²) in [5, 5.41) is 39.6. The lowest BCUT2D eigenvalue weighted by atomic mass is 9.96. The van der Waals surface area contributed by atoms with Gasteiger partial charge in [0.2, 0.25) is 11.5 Å². The molecule has 3 aliphatic rings. The minimum Gasteiger partial charge on any atom is -0.542 e. The number of H-pyrrole nitrogens is 1. The van der Waals surface area contributed by atoms with E-state index in [0.29, 0.717) is 65.7 Å². The number of pyridine rings is 1. The molecular formula is C46H48F3N5O9. The summed E-state index contributed by atoms with van der Waals surface area (Å²) in [7, 11) is 4.51. The van der Waals surface area contributed by atoms with Crippen LogP contribution in [-0.4, -0.2) is 94.9 Å². The van der Waals surface area contributed by atoms with Gasteiger partial charge in [0.15, 0.2) is 0 Å². The fourth-order valence-corrected chi connectivity index (χ4v) is 8.71. The molecule has 1 unspecified atom stereocenters. The van der Waals surface area contributed by atoms with Crippen LogP contribution in [0.3, 0.4) is 0 Å². The zero-order valence-electron chi connectivity index (χ0n) is 34.5. The smallest absolute Gasteiger partial charge is 0.430 e. The number of rotatable bonds is 13. The molecule has 3 fully saturated rings. The Bertz CT molecular complexity index is 2500. The van der Waals surface area contributed by atoms with Crippen molar-refractivity contribution in [3.63, 3.8) is 0 Å². The lowest BCUT2D eigenvalue weighted by molar-refractivity contribution is -0.938. The van der Waals surface area contributed by atoms with Crippen molar-refractivity contribution in [3.05, 3.63) is 124 Å². The summed E-state index contributed by atoms with van der Waals surface area (Å²) in [6, 6.07) is 30.3. The van der Waals surface area contributed by atoms with Crippen molar-refractivity contribution >= 4 is 40.2 Å². The normalized spacial score (nSPS) is 21.0. The number of benzene rings is 4. The summed E-state index contributed by atoms with van der Waals surface area (Å²) in [5.74, 6) is -3.15. The number of aliphatic hydroxyl groups is 1. The number of aliphatic hydroxyl groups excluding tert-OH is 1. The van der Waals surface area contributed by atoms with Crippen molar-refractivity contribution in [2.75, 3.05) is 31.3 Å². The minimum absolute atomic E-state index is 0.0538. The molecule has 0 aliphatic carbocycles. The van der Waals surface area contributed by atoms with E-state index in [-0.39, 0.29) is 42.1 Å².